The predicted octanol–water partition coefficient (Wildman–Crippen LogP) is 3.47. The fourth-order valence-electron chi connectivity index (χ4n) is 4.97. The van der Waals surface area contributed by atoms with Gasteiger partial charge < -0.3 is 14.3 Å². The van der Waals surface area contributed by atoms with Crippen molar-refractivity contribution in [2.24, 2.45) is 5.41 Å². The average Bonchev–Trinajstić information content (AvgIpc) is 3.33. The van der Waals surface area contributed by atoms with E-state index >= 15 is 0 Å². The van der Waals surface area contributed by atoms with Gasteiger partial charge in [0.2, 0.25) is 11.9 Å². The summed E-state index contributed by atoms with van der Waals surface area (Å²) in [5.41, 5.74) is 3.61. The first kappa shape index (κ1) is 20.6. The number of rotatable bonds is 4. The van der Waals surface area contributed by atoms with Crippen molar-refractivity contribution in [3.05, 3.63) is 53.1 Å². The molecule has 0 saturated carbocycles. The molecule has 0 radical (unpaired) electrons. The van der Waals surface area contributed by atoms with E-state index in [1.54, 1.807) is 6.92 Å². The first-order chi connectivity index (χ1) is 15.4. The quantitative estimate of drug-likeness (QED) is 0.624. The molecule has 32 heavy (non-hydrogen) atoms. The summed E-state index contributed by atoms with van der Waals surface area (Å²) in [4.78, 5) is 31.3. The molecule has 8 nitrogen and oxygen atoms in total. The third-order valence-corrected chi connectivity index (χ3v) is 6.71. The summed E-state index contributed by atoms with van der Waals surface area (Å²) in [6.07, 6.45) is 2.57. The molecule has 2 aliphatic rings. The van der Waals surface area contributed by atoms with Gasteiger partial charge in [-0.1, -0.05) is 23.4 Å². The van der Waals surface area contributed by atoms with Crippen LogP contribution < -0.4 is 4.90 Å². The second kappa shape index (κ2) is 8.00. The molecule has 8 heteroatoms. The largest absolute Gasteiger partial charge is 0.341 e. The summed E-state index contributed by atoms with van der Waals surface area (Å²) in [5.74, 6) is 2.14. The maximum Gasteiger partial charge on any atom is 0.258 e. The SMILES string of the molecule is Cc1cc(C)nc(N2CCC3(CCN(Cc4ccccc4-c4nc(C)no4)C3=O)CC2)n1. The van der Waals surface area contributed by atoms with Crippen LogP contribution in [-0.4, -0.2) is 50.5 Å². The molecule has 0 aliphatic carbocycles. The second-order valence-corrected chi connectivity index (χ2v) is 9.00. The maximum atomic E-state index is 13.5. The molecule has 0 unspecified atom stereocenters. The number of benzene rings is 1. The van der Waals surface area contributed by atoms with Crippen LogP contribution in [0.4, 0.5) is 5.95 Å². The van der Waals surface area contributed by atoms with Crippen molar-refractivity contribution in [2.75, 3.05) is 24.5 Å². The zero-order valence-corrected chi connectivity index (χ0v) is 18.8. The molecule has 0 N–H and O–H groups in total. The average molecular weight is 433 g/mol. The van der Waals surface area contributed by atoms with Crippen LogP contribution in [-0.2, 0) is 11.3 Å². The van der Waals surface area contributed by atoms with E-state index in [1.807, 2.05) is 49.1 Å². The molecule has 3 aromatic rings. The van der Waals surface area contributed by atoms with Crippen molar-refractivity contribution >= 4 is 11.9 Å². The number of likely N-dealkylation sites (tertiary alicyclic amines) is 1. The lowest BCUT2D eigenvalue weighted by atomic mass is 9.77. The Morgan fingerprint density at radius 1 is 0.969 bits per heavy atom. The molecule has 166 valence electrons. The Morgan fingerprint density at radius 3 is 2.34 bits per heavy atom. The summed E-state index contributed by atoms with van der Waals surface area (Å²) in [6.45, 7) is 8.74. The molecule has 2 aliphatic heterocycles. The molecular weight excluding hydrogens is 404 g/mol. The fourth-order valence-corrected chi connectivity index (χ4v) is 4.97. The topological polar surface area (TPSA) is 88.3 Å². The van der Waals surface area contributed by atoms with E-state index < -0.39 is 0 Å². The van der Waals surface area contributed by atoms with Gasteiger partial charge in [-0.2, -0.15) is 4.98 Å². The lowest BCUT2D eigenvalue weighted by molar-refractivity contribution is -0.137. The summed E-state index contributed by atoms with van der Waals surface area (Å²) >= 11 is 0. The van der Waals surface area contributed by atoms with E-state index in [9.17, 15) is 4.79 Å². The minimum Gasteiger partial charge on any atom is -0.341 e. The number of aromatic nitrogens is 4. The van der Waals surface area contributed by atoms with E-state index in [4.69, 9.17) is 4.52 Å². The van der Waals surface area contributed by atoms with Gasteiger partial charge in [0.15, 0.2) is 5.82 Å². The smallest absolute Gasteiger partial charge is 0.258 e. The monoisotopic (exact) mass is 432 g/mol. The highest BCUT2D eigenvalue weighted by Gasteiger charge is 2.48. The summed E-state index contributed by atoms with van der Waals surface area (Å²) in [5, 5.41) is 3.91. The molecule has 5 rings (SSSR count). The number of nitrogens with zero attached hydrogens (tertiary/aromatic N) is 6. The van der Waals surface area contributed by atoms with Crippen molar-refractivity contribution in [1.82, 2.24) is 25.0 Å². The standard InChI is InChI=1S/C24H28N6O2/c1-16-14-17(2)26-23(25-16)29-11-8-24(9-12-29)10-13-30(22(24)31)15-19-6-4-5-7-20(19)21-27-18(3)28-32-21/h4-7,14H,8-13,15H2,1-3H3. The van der Waals surface area contributed by atoms with Gasteiger partial charge in [0.1, 0.15) is 0 Å². The number of carbonyl (C=O) groups is 1. The molecule has 4 heterocycles. The lowest BCUT2D eigenvalue weighted by Gasteiger charge is -2.38. The third kappa shape index (κ3) is 3.74. The normalized spacial score (nSPS) is 18.0. The van der Waals surface area contributed by atoms with E-state index in [2.05, 4.69) is 25.0 Å². The third-order valence-electron chi connectivity index (χ3n) is 6.71. The van der Waals surface area contributed by atoms with Gasteiger partial charge in [0, 0.05) is 43.1 Å². The van der Waals surface area contributed by atoms with E-state index in [0.29, 0.717) is 18.3 Å². The highest BCUT2D eigenvalue weighted by molar-refractivity contribution is 5.85. The Kier molecular flexibility index (Phi) is 5.15. The van der Waals surface area contributed by atoms with Crippen LogP contribution in [0.2, 0.25) is 0 Å². The van der Waals surface area contributed by atoms with Crippen LogP contribution in [0.1, 0.15) is 42.0 Å². The van der Waals surface area contributed by atoms with E-state index in [0.717, 1.165) is 67.4 Å². The van der Waals surface area contributed by atoms with Crippen LogP contribution in [0.3, 0.4) is 0 Å². The minimum atomic E-state index is -0.272. The summed E-state index contributed by atoms with van der Waals surface area (Å²) in [7, 11) is 0. The highest BCUT2D eigenvalue weighted by Crippen LogP contribution is 2.43. The predicted molar refractivity (Wildman–Crippen MR) is 120 cm³/mol. The first-order valence-electron chi connectivity index (χ1n) is 11.2. The number of amides is 1. The lowest BCUT2D eigenvalue weighted by Crippen LogP contribution is -2.45. The molecule has 2 aromatic heterocycles. The van der Waals surface area contributed by atoms with Gasteiger partial charge in [-0.25, -0.2) is 9.97 Å². The number of hydrogen-bond acceptors (Lipinski definition) is 7. The van der Waals surface area contributed by atoms with E-state index in [1.165, 1.54) is 0 Å². The van der Waals surface area contributed by atoms with Crippen LogP contribution in [0.25, 0.3) is 11.5 Å². The van der Waals surface area contributed by atoms with Gasteiger partial charge in [-0.05, 0) is 57.7 Å². The van der Waals surface area contributed by atoms with Crippen LogP contribution in [0.15, 0.2) is 34.9 Å². The number of anilines is 1. The molecule has 1 amide bonds. The zero-order chi connectivity index (χ0) is 22.3. The number of piperidine rings is 1. The Labute approximate surface area is 187 Å². The molecular formula is C24H28N6O2. The van der Waals surface area contributed by atoms with Crippen molar-refractivity contribution in [3.8, 4) is 11.5 Å². The zero-order valence-electron chi connectivity index (χ0n) is 18.8. The Bertz CT molecular complexity index is 1130. The van der Waals surface area contributed by atoms with Gasteiger partial charge in [0.05, 0.1) is 5.41 Å². The van der Waals surface area contributed by atoms with Crippen molar-refractivity contribution < 1.29 is 9.32 Å². The minimum absolute atomic E-state index is 0.259. The van der Waals surface area contributed by atoms with Gasteiger partial charge in [-0.3, -0.25) is 4.79 Å². The van der Waals surface area contributed by atoms with Crippen LogP contribution in [0.5, 0.6) is 0 Å². The van der Waals surface area contributed by atoms with E-state index in [-0.39, 0.29) is 11.3 Å². The number of carbonyl (C=O) groups excluding carboxylic acids is 1. The van der Waals surface area contributed by atoms with Gasteiger partial charge >= 0.3 is 0 Å². The number of hydrogen-bond donors (Lipinski definition) is 0. The van der Waals surface area contributed by atoms with Crippen LogP contribution in [0, 0.1) is 26.2 Å². The number of aryl methyl sites for hydroxylation is 3. The van der Waals surface area contributed by atoms with Crippen molar-refractivity contribution in [3.63, 3.8) is 0 Å². The first-order valence-corrected chi connectivity index (χ1v) is 11.2. The Morgan fingerprint density at radius 2 is 1.66 bits per heavy atom. The molecule has 0 atom stereocenters. The van der Waals surface area contributed by atoms with Gasteiger partial charge in [-0.15, -0.1) is 0 Å². The Balaban J connectivity index is 1.29. The molecule has 1 spiro atoms. The highest BCUT2D eigenvalue weighted by atomic mass is 16.5. The van der Waals surface area contributed by atoms with Gasteiger partial charge in [0.25, 0.3) is 5.89 Å². The Hall–Kier alpha value is -3.29. The summed E-state index contributed by atoms with van der Waals surface area (Å²) < 4.78 is 5.38. The molecule has 2 saturated heterocycles. The van der Waals surface area contributed by atoms with Crippen molar-refractivity contribution in [2.45, 2.75) is 46.6 Å². The molecule has 0 bridgehead atoms. The van der Waals surface area contributed by atoms with Crippen molar-refractivity contribution in [1.29, 1.82) is 0 Å². The summed E-state index contributed by atoms with van der Waals surface area (Å²) in [6, 6.07) is 9.94. The molecule has 1 aromatic carbocycles. The second-order valence-electron chi connectivity index (χ2n) is 9.00. The fraction of sp³-hybridized carbons (Fsp3) is 0.458. The maximum absolute atomic E-state index is 13.5. The molecule has 2 fully saturated rings. The van der Waals surface area contributed by atoms with Crippen LogP contribution >= 0.6 is 0 Å².